The Hall–Kier alpha value is -1.85. The zero-order valence-corrected chi connectivity index (χ0v) is 35.4. The lowest BCUT2D eigenvalue weighted by molar-refractivity contribution is -0.161. The van der Waals surface area contributed by atoms with Gasteiger partial charge in [0.1, 0.15) is 12.7 Å². The van der Waals surface area contributed by atoms with E-state index >= 15 is 0 Å². The number of carbonyl (C=O) groups excluding carboxylic acids is 2. The Morgan fingerprint density at radius 2 is 1.24 bits per heavy atom. The normalized spacial score (nSPS) is 18.0. The molecule has 0 aliphatic carbocycles. The largest absolute Gasteiger partial charge is 0.472 e. The van der Waals surface area contributed by atoms with E-state index < -0.39 is 51.8 Å². The number of unbranched alkanes of at least 4 members (excludes halogenated alkanes) is 14. The van der Waals surface area contributed by atoms with Gasteiger partial charge in [0.15, 0.2) is 6.10 Å². The van der Waals surface area contributed by atoms with Gasteiger partial charge in [0, 0.05) is 12.8 Å². The molecule has 1 aliphatic heterocycles. The predicted octanol–water partition coefficient (Wildman–Crippen LogP) is 10.0. The van der Waals surface area contributed by atoms with E-state index in [4.69, 9.17) is 23.8 Å². The number of carbonyl (C=O) groups is 2. The smallest absolute Gasteiger partial charge is 0.462 e. The predicted molar refractivity (Wildman–Crippen MR) is 218 cm³/mol. The van der Waals surface area contributed by atoms with Crippen LogP contribution in [-0.4, -0.2) is 77.9 Å². The van der Waals surface area contributed by atoms with Crippen molar-refractivity contribution in [3.8, 4) is 0 Å². The molecule has 0 aromatic rings. The number of aliphatic hydroxyl groups is 2. The van der Waals surface area contributed by atoms with Gasteiger partial charge in [-0.15, -0.1) is 0 Å². The van der Waals surface area contributed by atoms with Crippen LogP contribution in [0, 0.1) is 5.92 Å². The third-order valence-corrected chi connectivity index (χ3v) is 10.3. The molecule has 1 aliphatic rings. The van der Waals surface area contributed by atoms with Crippen LogP contribution in [0.15, 0.2) is 36.5 Å². The molecule has 3 unspecified atom stereocenters. The number of aliphatic hydroxyl groups excluding tert-OH is 2. The molecule has 55 heavy (non-hydrogen) atoms. The summed E-state index contributed by atoms with van der Waals surface area (Å²) in [6, 6.07) is 0. The van der Waals surface area contributed by atoms with Crippen molar-refractivity contribution in [3.63, 3.8) is 0 Å². The van der Waals surface area contributed by atoms with E-state index in [1.54, 1.807) is 0 Å². The van der Waals surface area contributed by atoms with Gasteiger partial charge in [-0.25, -0.2) is 4.57 Å². The number of epoxide rings is 1. The van der Waals surface area contributed by atoms with Crippen LogP contribution in [0.1, 0.15) is 168 Å². The number of allylic oxidation sites excluding steroid dienone is 4. The first-order valence-electron chi connectivity index (χ1n) is 21.4. The summed E-state index contributed by atoms with van der Waals surface area (Å²) in [5.74, 6) is -0.205. The Labute approximate surface area is 333 Å². The van der Waals surface area contributed by atoms with Gasteiger partial charge >= 0.3 is 19.8 Å². The number of rotatable bonds is 38. The first-order chi connectivity index (χ1) is 26.6. The molecule has 1 saturated heterocycles. The molecule has 0 radical (unpaired) electrons. The standard InChI is InChI=1S/C43H77O11P/c1-4-5-6-7-8-12-16-19-24-29-40-41(54-40)30-25-21-22-26-31-42(46)50-35-39(36-52-55(48,49)51-34-38(45)33-44)53-43(47)32-27-20-17-14-11-9-10-13-15-18-23-28-37(2)3/h8,12,19,21,24-25,37-41,44-45H,4-7,9-11,13-18,20,22-23,26-36H2,1-3H3,(H,48,49)/b12-8-,24-19-,25-21-/t38-,39+,40?,41?/m0/s1. The van der Waals surface area contributed by atoms with Crippen molar-refractivity contribution >= 4 is 19.8 Å². The maximum absolute atomic E-state index is 12.6. The summed E-state index contributed by atoms with van der Waals surface area (Å²) in [7, 11) is -4.63. The van der Waals surface area contributed by atoms with Crippen molar-refractivity contribution in [1.29, 1.82) is 0 Å². The van der Waals surface area contributed by atoms with Gasteiger partial charge in [-0.3, -0.25) is 18.6 Å². The second-order valence-corrected chi connectivity index (χ2v) is 16.7. The monoisotopic (exact) mass is 801 g/mol. The molecule has 5 atom stereocenters. The summed E-state index contributed by atoms with van der Waals surface area (Å²) in [5.41, 5.74) is 0. The minimum atomic E-state index is -4.63. The van der Waals surface area contributed by atoms with E-state index in [1.165, 1.54) is 70.6 Å². The summed E-state index contributed by atoms with van der Waals surface area (Å²) in [4.78, 5) is 35.0. The SMILES string of the molecule is CCCCC/C=C\C/C=C\CC1OC1C/C=C\CCCC(=O)OC[C@H](COP(=O)(O)OC[C@@H](O)CO)OC(=O)CCCCCCCCCCCCCC(C)C. The third kappa shape index (κ3) is 32.9. The van der Waals surface area contributed by atoms with Gasteiger partial charge < -0.3 is 29.3 Å². The van der Waals surface area contributed by atoms with Crippen molar-refractivity contribution in [2.75, 3.05) is 26.4 Å². The number of phosphoric acid groups is 1. The van der Waals surface area contributed by atoms with Gasteiger partial charge in [-0.1, -0.05) is 141 Å². The average Bonchev–Trinajstić information content (AvgIpc) is 3.91. The second-order valence-electron chi connectivity index (χ2n) is 15.2. The lowest BCUT2D eigenvalue weighted by Crippen LogP contribution is -2.29. The fraction of sp³-hybridized carbons (Fsp3) is 0.814. The van der Waals surface area contributed by atoms with Crippen molar-refractivity contribution in [2.24, 2.45) is 5.92 Å². The molecule has 0 aromatic carbocycles. The molecule has 320 valence electrons. The van der Waals surface area contributed by atoms with Crippen molar-refractivity contribution in [2.45, 2.75) is 193 Å². The Morgan fingerprint density at radius 3 is 1.87 bits per heavy atom. The fourth-order valence-corrected chi connectivity index (χ4v) is 6.71. The zero-order valence-electron chi connectivity index (χ0n) is 34.5. The van der Waals surface area contributed by atoms with E-state index in [-0.39, 0.29) is 31.7 Å². The molecule has 1 fully saturated rings. The summed E-state index contributed by atoms with van der Waals surface area (Å²) >= 11 is 0. The molecular weight excluding hydrogens is 723 g/mol. The van der Waals surface area contributed by atoms with E-state index in [0.29, 0.717) is 19.3 Å². The number of hydrogen-bond donors (Lipinski definition) is 3. The van der Waals surface area contributed by atoms with Crippen LogP contribution in [0.4, 0.5) is 0 Å². The van der Waals surface area contributed by atoms with E-state index in [1.807, 2.05) is 6.08 Å². The number of esters is 2. The molecule has 1 rings (SSSR count). The lowest BCUT2D eigenvalue weighted by atomic mass is 10.0. The molecule has 0 aromatic heterocycles. The van der Waals surface area contributed by atoms with Crippen LogP contribution in [0.2, 0.25) is 0 Å². The second kappa shape index (κ2) is 34.2. The Balaban J connectivity index is 2.30. The van der Waals surface area contributed by atoms with E-state index in [0.717, 1.165) is 50.9 Å². The number of hydrogen-bond acceptors (Lipinski definition) is 10. The minimum Gasteiger partial charge on any atom is -0.462 e. The molecule has 3 N–H and O–H groups in total. The van der Waals surface area contributed by atoms with E-state index in [2.05, 4.69) is 55.7 Å². The van der Waals surface area contributed by atoms with Gasteiger partial charge in [-0.05, 0) is 57.3 Å². The highest BCUT2D eigenvalue weighted by atomic mass is 31.2. The molecule has 12 heteroatoms. The van der Waals surface area contributed by atoms with Crippen LogP contribution < -0.4 is 0 Å². The minimum absolute atomic E-state index is 0.158. The summed E-state index contributed by atoms with van der Waals surface area (Å²) < 4.78 is 38.4. The zero-order chi connectivity index (χ0) is 40.4. The molecule has 0 amide bonds. The van der Waals surface area contributed by atoms with Crippen molar-refractivity contribution < 1.29 is 52.5 Å². The molecule has 0 saturated carbocycles. The lowest BCUT2D eigenvalue weighted by Gasteiger charge is -2.20. The molecule has 11 nitrogen and oxygen atoms in total. The van der Waals surface area contributed by atoms with Crippen LogP contribution in [-0.2, 0) is 37.4 Å². The summed E-state index contributed by atoms with van der Waals surface area (Å²) in [5, 5.41) is 18.3. The molecule has 0 spiro atoms. The average molecular weight is 801 g/mol. The highest BCUT2D eigenvalue weighted by molar-refractivity contribution is 7.47. The van der Waals surface area contributed by atoms with Crippen LogP contribution in [0.5, 0.6) is 0 Å². The van der Waals surface area contributed by atoms with Crippen LogP contribution in [0.25, 0.3) is 0 Å². The molecule has 0 bridgehead atoms. The van der Waals surface area contributed by atoms with Gasteiger partial charge in [0.25, 0.3) is 0 Å². The van der Waals surface area contributed by atoms with Crippen molar-refractivity contribution in [1.82, 2.24) is 0 Å². The van der Waals surface area contributed by atoms with Gasteiger partial charge in [0.2, 0.25) is 0 Å². The Morgan fingerprint density at radius 1 is 0.691 bits per heavy atom. The van der Waals surface area contributed by atoms with Crippen molar-refractivity contribution in [3.05, 3.63) is 36.5 Å². The highest BCUT2D eigenvalue weighted by Gasteiger charge is 2.36. The van der Waals surface area contributed by atoms with Gasteiger partial charge in [-0.2, -0.15) is 0 Å². The first kappa shape index (κ1) is 51.2. The maximum atomic E-state index is 12.6. The van der Waals surface area contributed by atoms with Crippen LogP contribution in [0.3, 0.4) is 0 Å². The quantitative estimate of drug-likeness (QED) is 0.0179. The fourth-order valence-electron chi connectivity index (χ4n) is 5.92. The summed E-state index contributed by atoms with van der Waals surface area (Å²) in [6.07, 6.45) is 34.3. The Kier molecular flexibility index (Phi) is 31.8. The van der Waals surface area contributed by atoms with E-state index in [9.17, 15) is 24.2 Å². The topological polar surface area (TPSA) is 161 Å². The highest BCUT2D eigenvalue weighted by Crippen LogP contribution is 2.43. The first-order valence-corrected chi connectivity index (χ1v) is 22.9. The number of ether oxygens (including phenoxy) is 3. The maximum Gasteiger partial charge on any atom is 0.472 e. The van der Waals surface area contributed by atoms with Crippen LogP contribution >= 0.6 is 7.82 Å². The van der Waals surface area contributed by atoms with Gasteiger partial charge in [0.05, 0.1) is 32.0 Å². The summed E-state index contributed by atoms with van der Waals surface area (Å²) in [6.45, 7) is 4.58. The third-order valence-electron chi connectivity index (χ3n) is 9.38. The molecular formula is C43H77O11P. The molecule has 1 heterocycles. The number of phosphoric ester groups is 1. The Bertz CT molecular complexity index is 1090.